The third-order valence-corrected chi connectivity index (χ3v) is 4.47. The van der Waals surface area contributed by atoms with E-state index in [2.05, 4.69) is 25.9 Å². The molecule has 0 radical (unpaired) electrons. The maximum atomic E-state index is 14.5. The lowest BCUT2D eigenvalue weighted by molar-refractivity contribution is -0.142. The van der Waals surface area contributed by atoms with Crippen LogP contribution in [0.25, 0.3) is 0 Å². The molecule has 0 aliphatic carbocycles. The number of halogens is 2. The number of esters is 1. The Balaban J connectivity index is 1.98. The summed E-state index contributed by atoms with van der Waals surface area (Å²) in [5.41, 5.74) is 6.18. The van der Waals surface area contributed by atoms with Gasteiger partial charge in [0.1, 0.15) is 16.0 Å². The van der Waals surface area contributed by atoms with E-state index in [-0.39, 0.29) is 18.2 Å². The van der Waals surface area contributed by atoms with Gasteiger partial charge in [0, 0.05) is 11.8 Å². The Morgan fingerprint density at radius 1 is 1.52 bits per heavy atom. The fraction of sp³-hybridized carbons (Fsp3) is 0.353. The standard InChI is InChI=1S/C17H18BrFN4O2/c1-3-25-14(24)7-10-4-5-12(19)11(6-10)17(2)9-23-8-13(18)21-16(23)15(20)22-17/h4-6,8H,3,7,9H2,1-2H3,(H2,20,22). The highest BCUT2D eigenvalue weighted by Crippen LogP contribution is 2.34. The number of aliphatic imine (C=N–C) groups is 1. The quantitative estimate of drug-likeness (QED) is 0.787. The molecule has 0 bridgehead atoms. The van der Waals surface area contributed by atoms with Gasteiger partial charge in [-0.15, -0.1) is 0 Å². The lowest BCUT2D eigenvalue weighted by Gasteiger charge is -2.31. The first-order valence-electron chi connectivity index (χ1n) is 7.85. The van der Waals surface area contributed by atoms with Crippen molar-refractivity contribution in [2.45, 2.75) is 32.4 Å². The van der Waals surface area contributed by atoms with E-state index in [1.54, 1.807) is 25.3 Å². The SMILES string of the molecule is CCOC(=O)Cc1ccc(F)c(C2(C)Cn3cc(Br)nc3C(N)=N2)c1. The molecule has 6 nitrogen and oxygen atoms in total. The first-order chi connectivity index (χ1) is 11.8. The van der Waals surface area contributed by atoms with Crippen LogP contribution in [0, 0.1) is 5.82 Å². The molecule has 1 unspecified atom stereocenters. The highest BCUT2D eigenvalue weighted by Gasteiger charge is 2.35. The van der Waals surface area contributed by atoms with Crippen LogP contribution in [0.5, 0.6) is 0 Å². The van der Waals surface area contributed by atoms with Gasteiger partial charge < -0.3 is 15.0 Å². The molecular weight excluding hydrogens is 391 g/mol. The highest BCUT2D eigenvalue weighted by atomic mass is 79.9. The fourth-order valence-electron chi connectivity index (χ4n) is 3.01. The molecule has 1 atom stereocenters. The summed E-state index contributed by atoms with van der Waals surface area (Å²) in [5.74, 6) is 0.0501. The molecule has 25 heavy (non-hydrogen) atoms. The average molecular weight is 409 g/mol. The van der Waals surface area contributed by atoms with Crippen LogP contribution in [-0.4, -0.2) is 28.0 Å². The predicted molar refractivity (Wildman–Crippen MR) is 94.7 cm³/mol. The number of aromatic nitrogens is 2. The summed E-state index contributed by atoms with van der Waals surface area (Å²) in [5, 5.41) is 0. The van der Waals surface area contributed by atoms with Gasteiger partial charge in [-0.3, -0.25) is 9.79 Å². The second-order valence-corrected chi connectivity index (χ2v) is 6.89. The van der Waals surface area contributed by atoms with Crippen LogP contribution in [0.1, 0.15) is 30.8 Å². The van der Waals surface area contributed by atoms with Gasteiger partial charge >= 0.3 is 5.97 Å². The molecule has 8 heteroatoms. The molecule has 1 aliphatic heterocycles. The van der Waals surface area contributed by atoms with E-state index >= 15 is 0 Å². The average Bonchev–Trinajstić information content (AvgIpc) is 2.90. The zero-order chi connectivity index (χ0) is 18.2. The summed E-state index contributed by atoms with van der Waals surface area (Å²) in [4.78, 5) is 20.5. The van der Waals surface area contributed by atoms with Crippen LogP contribution in [0.15, 0.2) is 34.0 Å². The first-order valence-corrected chi connectivity index (χ1v) is 8.64. The van der Waals surface area contributed by atoms with Gasteiger partial charge in [-0.05, 0) is 47.5 Å². The number of nitrogens with two attached hydrogens (primary N) is 1. The number of hydrogen-bond acceptors (Lipinski definition) is 5. The molecule has 1 aromatic carbocycles. The molecule has 3 rings (SSSR count). The molecule has 0 spiro atoms. The maximum absolute atomic E-state index is 14.5. The summed E-state index contributed by atoms with van der Waals surface area (Å²) in [7, 11) is 0. The van der Waals surface area contributed by atoms with Gasteiger partial charge in [0.2, 0.25) is 0 Å². The number of ether oxygens (including phenoxy) is 1. The second-order valence-electron chi connectivity index (χ2n) is 6.08. The molecule has 2 N–H and O–H groups in total. The summed E-state index contributed by atoms with van der Waals surface area (Å²) < 4.78 is 22.0. The van der Waals surface area contributed by atoms with Crippen LogP contribution >= 0.6 is 15.9 Å². The minimum Gasteiger partial charge on any atom is -0.466 e. The Hall–Kier alpha value is -2.22. The lowest BCUT2D eigenvalue weighted by Crippen LogP contribution is -2.37. The Morgan fingerprint density at radius 2 is 2.28 bits per heavy atom. The van der Waals surface area contributed by atoms with Crippen molar-refractivity contribution in [3.05, 3.63) is 51.8 Å². The first kappa shape index (κ1) is 17.6. The van der Waals surface area contributed by atoms with Gasteiger partial charge in [0.05, 0.1) is 19.6 Å². The van der Waals surface area contributed by atoms with Crippen molar-refractivity contribution >= 4 is 27.7 Å². The van der Waals surface area contributed by atoms with Crippen molar-refractivity contribution in [3.8, 4) is 0 Å². The van der Waals surface area contributed by atoms with Crippen LogP contribution in [0.4, 0.5) is 4.39 Å². The summed E-state index contributed by atoms with van der Waals surface area (Å²) >= 11 is 3.31. The number of rotatable bonds is 4. The van der Waals surface area contributed by atoms with E-state index in [9.17, 15) is 9.18 Å². The number of hydrogen-bond donors (Lipinski definition) is 1. The summed E-state index contributed by atoms with van der Waals surface area (Å²) in [6, 6.07) is 4.58. The number of imidazole rings is 1. The van der Waals surface area contributed by atoms with Crippen LogP contribution in [-0.2, 0) is 28.0 Å². The smallest absolute Gasteiger partial charge is 0.310 e. The molecule has 1 aliphatic rings. The van der Waals surface area contributed by atoms with Crippen molar-refractivity contribution in [2.24, 2.45) is 10.7 Å². The van der Waals surface area contributed by atoms with E-state index in [1.165, 1.54) is 6.07 Å². The zero-order valence-corrected chi connectivity index (χ0v) is 15.5. The number of carbonyl (C=O) groups excluding carboxylic acids is 1. The minimum atomic E-state index is -0.897. The monoisotopic (exact) mass is 408 g/mol. The van der Waals surface area contributed by atoms with Gasteiger partial charge in [-0.2, -0.15) is 0 Å². The van der Waals surface area contributed by atoms with Gasteiger partial charge in [0.25, 0.3) is 0 Å². The van der Waals surface area contributed by atoms with E-state index in [0.29, 0.717) is 34.7 Å². The van der Waals surface area contributed by atoms with Crippen molar-refractivity contribution < 1.29 is 13.9 Å². The van der Waals surface area contributed by atoms with Gasteiger partial charge in [-0.1, -0.05) is 6.07 Å². The number of fused-ring (bicyclic) bond motifs is 1. The van der Waals surface area contributed by atoms with Crippen LogP contribution in [0.3, 0.4) is 0 Å². The van der Waals surface area contributed by atoms with E-state index in [1.807, 2.05) is 11.5 Å². The normalized spacial score (nSPS) is 19.3. The van der Waals surface area contributed by atoms with Crippen molar-refractivity contribution in [1.82, 2.24) is 9.55 Å². The Bertz CT molecular complexity index is 864. The van der Waals surface area contributed by atoms with Crippen molar-refractivity contribution in [2.75, 3.05) is 6.61 Å². The number of carbonyl (C=O) groups is 1. The Labute approximate surface area is 153 Å². The Morgan fingerprint density at radius 3 is 3.00 bits per heavy atom. The zero-order valence-electron chi connectivity index (χ0n) is 13.9. The number of nitrogens with zero attached hydrogens (tertiary/aromatic N) is 3. The third kappa shape index (κ3) is 3.44. The maximum Gasteiger partial charge on any atom is 0.310 e. The predicted octanol–water partition coefficient (Wildman–Crippen LogP) is 2.52. The van der Waals surface area contributed by atoms with Crippen LogP contribution < -0.4 is 5.73 Å². The van der Waals surface area contributed by atoms with Gasteiger partial charge in [-0.25, -0.2) is 9.37 Å². The van der Waals surface area contributed by atoms with E-state index in [0.717, 1.165) is 0 Å². The largest absolute Gasteiger partial charge is 0.466 e. The molecule has 0 saturated carbocycles. The van der Waals surface area contributed by atoms with Crippen molar-refractivity contribution in [3.63, 3.8) is 0 Å². The van der Waals surface area contributed by atoms with Crippen LogP contribution in [0.2, 0.25) is 0 Å². The third-order valence-electron chi connectivity index (χ3n) is 4.09. The van der Waals surface area contributed by atoms with E-state index in [4.69, 9.17) is 10.5 Å². The number of amidine groups is 1. The molecule has 2 heterocycles. The molecule has 0 amide bonds. The highest BCUT2D eigenvalue weighted by molar-refractivity contribution is 9.10. The molecule has 0 fully saturated rings. The number of benzene rings is 1. The molecular formula is C17H18BrFN4O2. The topological polar surface area (TPSA) is 82.5 Å². The summed E-state index contributed by atoms with van der Waals surface area (Å²) in [6.07, 6.45) is 1.87. The lowest BCUT2D eigenvalue weighted by atomic mass is 9.89. The Kier molecular flexibility index (Phi) is 4.64. The van der Waals surface area contributed by atoms with Crippen molar-refractivity contribution in [1.29, 1.82) is 0 Å². The summed E-state index contributed by atoms with van der Waals surface area (Å²) in [6.45, 7) is 4.25. The molecule has 0 saturated heterocycles. The fourth-order valence-corrected chi connectivity index (χ4v) is 3.43. The molecule has 132 valence electrons. The van der Waals surface area contributed by atoms with E-state index < -0.39 is 11.4 Å². The second kappa shape index (κ2) is 6.59. The molecule has 2 aromatic rings. The minimum absolute atomic E-state index is 0.0816. The van der Waals surface area contributed by atoms with Gasteiger partial charge in [0.15, 0.2) is 11.7 Å². The molecule has 1 aromatic heterocycles.